The van der Waals surface area contributed by atoms with E-state index >= 15 is 0 Å². The Kier molecular flexibility index (Phi) is 21.7. The van der Waals surface area contributed by atoms with Gasteiger partial charge in [-0.3, -0.25) is 0 Å². The second kappa shape index (κ2) is 19.8. The van der Waals surface area contributed by atoms with Gasteiger partial charge in [-0.25, -0.2) is 0 Å². The van der Waals surface area contributed by atoms with Gasteiger partial charge in [-0.2, -0.15) is 0 Å². The van der Waals surface area contributed by atoms with Gasteiger partial charge >= 0.3 is 56.5 Å². The van der Waals surface area contributed by atoms with E-state index in [4.69, 9.17) is 23.3 Å². The van der Waals surface area contributed by atoms with Crippen LogP contribution in [0.4, 0.5) is 0 Å². The Bertz CT molecular complexity index is 824. The molecule has 1 fully saturated rings. The summed E-state index contributed by atoms with van der Waals surface area (Å²) >= 11 is 0. The predicted octanol–water partition coefficient (Wildman–Crippen LogP) is 1.63. The van der Waals surface area contributed by atoms with Crippen LogP contribution in [0.15, 0.2) is 54.6 Å². The Morgan fingerprint density at radius 1 is 0.536 bits per heavy atom. The number of rotatable bonds is 1. The van der Waals surface area contributed by atoms with Crippen LogP contribution < -0.4 is 15.7 Å². The molecule has 2 unspecified atom stereocenters. The molecule has 0 aromatic heterocycles. The molecule has 2 atom stereocenters. The number of fused-ring (bicyclic) bond motifs is 2. The van der Waals surface area contributed by atoms with Gasteiger partial charge in [-0.05, 0) is 15.7 Å². The molecule has 0 N–H and O–H groups in total. The molecule has 1 aliphatic heterocycles. The third-order valence-electron chi connectivity index (χ3n) is 3.65. The normalized spacial score (nSPS) is 17.6. The first-order valence-electron chi connectivity index (χ1n) is 7.08. The van der Waals surface area contributed by atoms with Crippen molar-refractivity contribution in [2.75, 3.05) is 0 Å². The van der Waals surface area contributed by atoms with Gasteiger partial charge in [0.25, 0.3) is 0 Å². The summed E-state index contributed by atoms with van der Waals surface area (Å²) in [6.45, 7) is 22.5. The molecular formula is C21H13O5PW. The average molecular weight is 560 g/mol. The topological polar surface area (TPSA) is 99.5 Å². The van der Waals surface area contributed by atoms with E-state index in [9.17, 15) is 0 Å². The Hall–Kier alpha value is -2.00. The van der Waals surface area contributed by atoms with Crippen LogP contribution in [0.25, 0.3) is 12.2 Å². The zero-order valence-corrected chi connectivity index (χ0v) is 18.2. The molecule has 0 saturated carbocycles. The maximum absolute atomic E-state index is 7.50. The van der Waals surface area contributed by atoms with Crippen molar-refractivity contribution in [2.45, 2.75) is 11.3 Å². The van der Waals surface area contributed by atoms with Crippen molar-refractivity contribution in [1.29, 1.82) is 0 Å². The second-order valence-corrected chi connectivity index (χ2v) is 7.21. The standard InChI is InChI=1S/C16H13P.5CO.W/c1-2-8-14(9-3-1)17-15-10-12-6-4-5-7-13(12)11-16(15)17;5*1-2;/h1-11,15-16H;;;;;;. The summed E-state index contributed by atoms with van der Waals surface area (Å²) in [4.78, 5) is 0. The van der Waals surface area contributed by atoms with Crippen LogP contribution >= 0.6 is 7.92 Å². The minimum absolute atomic E-state index is 0. The molecule has 1 aliphatic carbocycles. The maximum atomic E-state index is 7.50. The van der Waals surface area contributed by atoms with Gasteiger partial charge in [0.05, 0.1) is 0 Å². The third kappa shape index (κ3) is 8.35. The largest absolute Gasteiger partial charge is 0 e. The second-order valence-electron chi connectivity index (χ2n) is 4.69. The van der Waals surface area contributed by atoms with Crippen LogP contribution in [0.5, 0.6) is 0 Å². The maximum Gasteiger partial charge on any atom is 0 e. The molecule has 0 bridgehead atoms. The van der Waals surface area contributed by atoms with Gasteiger partial charge in [0.2, 0.25) is 0 Å². The molecule has 1 heterocycles. The summed E-state index contributed by atoms with van der Waals surface area (Å²) < 4.78 is 37.5. The van der Waals surface area contributed by atoms with Gasteiger partial charge < -0.3 is 0 Å². The van der Waals surface area contributed by atoms with Crippen molar-refractivity contribution in [3.63, 3.8) is 0 Å². The fourth-order valence-corrected chi connectivity index (χ4v) is 5.51. The Balaban J connectivity index is -0.000000503. The van der Waals surface area contributed by atoms with E-state index in [2.05, 4.69) is 100 Å². The SMILES string of the molecule is C1=c2ccccc2=CC2C1P2c1ccccc1.[C-]#[O+].[C-]#[O+].[C-]#[O+].[C-]#[O+].[C-]#[O+].[W]. The smallest absolute Gasteiger partial charge is 0 e. The molecule has 7 heteroatoms. The van der Waals surface area contributed by atoms with E-state index < -0.39 is 0 Å². The molecule has 2 aromatic carbocycles. The van der Waals surface area contributed by atoms with Gasteiger partial charge in [0, 0.05) is 32.4 Å². The molecule has 4 rings (SSSR count). The summed E-state index contributed by atoms with van der Waals surface area (Å²) in [5.41, 5.74) is 1.59. The van der Waals surface area contributed by atoms with Crippen LogP contribution in [-0.4, -0.2) is 11.3 Å². The first-order chi connectivity index (χ1) is 13.4. The Labute approximate surface area is 179 Å². The van der Waals surface area contributed by atoms with Gasteiger partial charge in [-0.15, -0.1) is 0 Å². The number of hydrogen-bond acceptors (Lipinski definition) is 0. The molecular weight excluding hydrogens is 547 g/mol. The van der Waals surface area contributed by atoms with E-state index in [0.717, 1.165) is 11.3 Å². The van der Waals surface area contributed by atoms with Crippen molar-refractivity contribution in [2.24, 2.45) is 0 Å². The summed E-state index contributed by atoms with van der Waals surface area (Å²) in [5.74, 6) is 0. The molecule has 2 aromatic rings. The van der Waals surface area contributed by atoms with Crippen LogP contribution in [0.1, 0.15) is 0 Å². The molecule has 28 heavy (non-hydrogen) atoms. The first kappa shape index (κ1) is 30.7. The molecule has 0 radical (unpaired) electrons. The minimum atomic E-state index is 0. The van der Waals surface area contributed by atoms with E-state index in [1.165, 1.54) is 10.4 Å². The third-order valence-corrected chi connectivity index (χ3v) is 6.43. The fourth-order valence-electron chi connectivity index (χ4n) is 2.75. The van der Waals surface area contributed by atoms with Crippen molar-refractivity contribution < 1.29 is 44.3 Å². The van der Waals surface area contributed by atoms with E-state index in [-0.39, 0.29) is 29.0 Å². The van der Waals surface area contributed by atoms with Crippen molar-refractivity contribution in [3.8, 4) is 0 Å². The molecule has 138 valence electrons. The summed E-state index contributed by atoms with van der Waals surface area (Å²) in [6.07, 6.45) is 4.97. The average Bonchev–Trinajstić information content (AvgIpc) is 3.52. The monoisotopic (exact) mass is 560 g/mol. The fraction of sp³-hybridized carbons (Fsp3) is 0.0952. The molecule has 2 aliphatic rings. The van der Waals surface area contributed by atoms with Crippen LogP contribution in [0, 0.1) is 33.3 Å². The zero-order chi connectivity index (χ0) is 21.2. The molecule has 1 saturated heterocycles. The van der Waals surface area contributed by atoms with E-state index in [1.54, 1.807) is 5.30 Å². The number of hydrogen-bond donors (Lipinski definition) is 0. The number of benzene rings is 2. The van der Waals surface area contributed by atoms with Gasteiger partial charge in [0.1, 0.15) is 0 Å². The van der Waals surface area contributed by atoms with E-state index in [1.807, 2.05) is 0 Å². The summed E-state index contributed by atoms with van der Waals surface area (Å²) in [7, 11) is 0.0324. The molecule has 0 spiro atoms. The Morgan fingerprint density at radius 3 is 1.21 bits per heavy atom. The molecule has 0 amide bonds. The summed E-state index contributed by atoms with van der Waals surface area (Å²) in [5, 5.41) is 4.40. The predicted molar refractivity (Wildman–Crippen MR) is 94.8 cm³/mol. The van der Waals surface area contributed by atoms with Gasteiger partial charge in [-0.1, -0.05) is 74.7 Å². The molecule has 5 nitrogen and oxygen atoms in total. The van der Waals surface area contributed by atoms with Crippen molar-refractivity contribution in [1.82, 2.24) is 0 Å². The van der Waals surface area contributed by atoms with Crippen LogP contribution in [0.2, 0.25) is 0 Å². The Morgan fingerprint density at radius 2 is 0.857 bits per heavy atom. The van der Waals surface area contributed by atoms with Crippen molar-refractivity contribution in [3.05, 3.63) is 98.3 Å². The van der Waals surface area contributed by atoms with E-state index in [0.29, 0.717) is 0 Å². The quantitative estimate of drug-likeness (QED) is 0.288. The minimum Gasteiger partial charge on any atom is 0 e. The van der Waals surface area contributed by atoms with Crippen LogP contribution in [0.3, 0.4) is 0 Å². The summed E-state index contributed by atoms with van der Waals surface area (Å²) in [6, 6.07) is 19.7. The zero-order valence-electron chi connectivity index (χ0n) is 14.4. The van der Waals surface area contributed by atoms with Gasteiger partial charge in [0.15, 0.2) is 0 Å². The first-order valence-corrected chi connectivity index (χ1v) is 8.56. The van der Waals surface area contributed by atoms with Crippen molar-refractivity contribution >= 4 is 25.4 Å². The van der Waals surface area contributed by atoms with Crippen LogP contribution in [-0.2, 0) is 44.3 Å².